The molecule has 2 aromatic rings. The van der Waals surface area contributed by atoms with E-state index >= 15 is 0 Å². The molecule has 4 heteroatoms. The number of aryl methyl sites for hydroxylation is 1. The average Bonchev–Trinajstić information content (AvgIpc) is 2.64. The summed E-state index contributed by atoms with van der Waals surface area (Å²) in [5.74, 6) is -0.197. The van der Waals surface area contributed by atoms with Crippen molar-refractivity contribution in [1.82, 2.24) is 15.1 Å². The van der Waals surface area contributed by atoms with Gasteiger partial charge in [-0.3, -0.25) is 4.68 Å². The van der Waals surface area contributed by atoms with Crippen LogP contribution in [-0.2, 0) is 20.1 Å². The third kappa shape index (κ3) is 2.90. The van der Waals surface area contributed by atoms with Gasteiger partial charge in [-0.15, -0.1) is 0 Å². The second-order valence-electron chi connectivity index (χ2n) is 3.71. The Morgan fingerprint density at radius 1 is 1.31 bits per heavy atom. The van der Waals surface area contributed by atoms with Crippen molar-refractivity contribution in [2.24, 2.45) is 7.05 Å². The minimum atomic E-state index is -0.197. The second kappa shape index (κ2) is 4.90. The Balaban J connectivity index is 1.84. The molecule has 1 aromatic heterocycles. The van der Waals surface area contributed by atoms with E-state index < -0.39 is 0 Å². The fourth-order valence-corrected chi connectivity index (χ4v) is 1.54. The summed E-state index contributed by atoms with van der Waals surface area (Å²) in [6.07, 6.45) is 1.90. The molecule has 0 saturated carbocycles. The third-order valence-corrected chi connectivity index (χ3v) is 2.29. The Bertz CT molecular complexity index is 465. The van der Waals surface area contributed by atoms with Gasteiger partial charge in [-0.05, 0) is 23.8 Å². The van der Waals surface area contributed by atoms with Crippen LogP contribution >= 0.6 is 0 Å². The molecule has 0 amide bonds. The van der Waals surface area contributed by atoms with Crippen LogP contribution in [0.15, 0.2) is 36.5 Å². The largest absolute Gasteiger partial charge is 0.307 e. The van der Waals surface area contributed by atoms with Gasteiger partial charge in [0, 0.05) is 26.3 Å². The van der Waals surface area contributed by atoms with Crippen LogP contribution in [0.1, 0.15) is 11.3 Å². The highest BCUT2D eigenvalue weighted by Crippen LogP contribution is 2.03. The normalized spacial score (nSPS) is 10.6. The number of nitrogens with zero attached hydrogens (tertiary/aromatic N) is 2. The number of hydrogen-bond donors (Lipinski definition) is 1. The van der Waals surface area contributed by atoms with E-state index in [1.165, 1.54) is 12.1 Å². The molecule has 2 rings (SSSR count). The smallest absolute Gasteiger partial charge is 0.123 e. The zero-order chi connectivity index (χ0) is 11.4. The van der Waals surface area contributed by atoms with Crippen LogP contribution in [0.5, 0.6) is 0 Å². The van der Waals surface area contributed by atoms with Gasteiger partial charge < -0.3 is 5.32 Å². The minimum absolute atomic E-state index is 0.197. The van der Waals surface area contributed by atoms with Gasteiger partial charge in [0.2, 0.25) is 0 Å². The van der Waals surface area contributed by atoms with Crippen molar-refractivity contribution in [3.63, 3.8) is 0 Å². The fraction of sp³-hybridized carbons (Fsp3) is 0.250. The quantitative estimate of drug-likeness (QED) is 0.850. The van der Waals surface area contributed by atoms with Crippen LogP contribution in [0.25, 0.3) is 0 Å². The van der Waals surface area contributed by atoms with Crippen molar-refractivity contribution >= 4 is 0 Å². The predicted molar refractivity (Wildman–Crippen MR) is 60.2 cm³/mol. The molecule has 0 aliphatic heterocycles. The van der Waals surface area contributed by atoms with Gasteiger partial charge in [0.1, 0.15) is 5.82 Å². The first-order valence-corrected chi connectivity index (χ1v) is 5.18. The lowest BCUT2D eigenvalue weighted by atomic mass is 10.2. The van der Waals surface area contributed by atoms with Crippen molar-refractivity contribution in [2.75, 3.05) is 0 Å². The third-order valence-electron chi connectivity index (χ3n) is 2.29. The summed E-state index contributed by atoms with van der Waals surface area (Å²) in [5, 5.41) is 7.46. The van der Waals surface area contributed by atoms with E-state index in [1.807, 2.05) is 25.4 Å². The maximum absolute atomic E-state index is 12.9. The van der Waals surface area contributed by atoms with E-state index in [2.05, 4.69) is 10.4 Å². The lowest BCUT2D eigenvalue weighted by Gasteiger charge is -2.02. The van der Waals surface area contributed by atoms with Crippen LogP contribution < -0.4 is 5.32 Å². The van der Waals surface area contributed by atoms with Crippen LogP contribution in [0.3, 0.4) is 0 Å². The van der Waals surface area contributed by atoms with Gasteiger partial charge in [-0.2, -0.15) is 5.10 Å². The van der Waals surface area contributed by atoms with Crippen molar-refractivity contribution in [3.8, 4) is 0 Å². The maximum atomic E-state index is 12.9. The summed E-state index contributed by atoms with van der Waals surface area (Å²) in [6, 6.07) is 8.55. The van der Waals surface area contributed by atoms with Crippen molar-refractivity contribution in [2.45, 2.75) is 13.1 Å². The van der Waals surface area contributed by atoms with E-state index in [0.29, 0.717) is 13.1 Å². The average molecular weight is 219 g/mol. The molecule has 0 aliphatic carbocycles. The molecule has 0 bridgehead atoms. The Kier molecular flexibility index (Phi) is 3.31. The molecule has 0 saturated heterocycles. The van der Waals surface area contributed by atoms with Gasteiger partial charge in [-0.1, -0.05) is 12.1 Å². The molecule has 0 fully saturated rings. The molecule has 3 nitrogen and oxygen atoms in total. The first-order valence-electron chi connectivity index (χ1n) is 5.18. The number of nitrogens with one attached hydrogen (secondary N) is 1. The zero-order valence-electron chi connectivity index (χ0n) is 9.15. The fourth-order valence-electron chi connectivity index (χ4n) is 1.54. The monoisotopic (exact) mass is 219 g/mol. The van der Waals surface area contributed by atoms with E-state index in [9.17, 15) is 4.39 Å². The van der Waals surface area contributed by atoms with Gasteiger partial charge in [-0.25, -0.2) is 4.39 Å². The molecule has 0 radical (unpaired) electrons. The zero-order valence-corrected chi connectivity index (χ0v) is 9.15. The molecule has 16 heavy (non-hydrogen) atoms. The standard InChI is InChI=1S/C12H14FN3/c1-16-6-5-12(15-16)9-14-8-10-3-2-4-11(13)7-10/h2-7,14H,8-9H2,1H3. The minimum Gasteiger partial charge on any atom is -0.307 e. The topological polar surface area (TPSA) is 29.9 Å². The highest BCUT2D eigenvalue weighted by atomic mass is 19.1. The first-order chi connectivity index (χ1) is 7.74. The maximum Gasteiger partial charge on any atom is 0.123 e. The number of benzene rings is 1. The van der Waals surface area contributed by atoms with Crippen molar-refractivity contribution < 1.29 is 4.39 Å². The molecule has 84 valence electrons. The molecular weight excluding hydrogens is 205 g/mol. The van der Waals surface area contributed by atoms with Crippen molar-refractivity contribution in [1.29, 1.82) is 0 Å². The first kappa shape index (κ1) is 10.8. The second-order valence-corrected chi connectivity index (χ2v) is 3.71. The molecule has 1 N–H and O–H groups in total. The van der Waals surface area contributed by atoms with Crippen LogP contribution in [0.2, 0.25) is 0 Å². The number of rotatable bonds is 4. The molecule has 0 spiro atoms. The number of aromatic nitrogens is 2. The molecule has 0 atom stereocenters. The summed E-state index contributed by atoms with van der Waals surface area (Å²) < 4.78 is 14.6. The summed E-state index contributed by atoms with van der Waals surface area (Å²) in [5.41, 5.74) is 1.93. The number of halogens is 1. The predicted octanol–water partition coefficient (Wildman–Crippen LogP) is 1.85. The van der Waals surface area contributed by atoms with Gasteiger partial charge in [0.15, 0.2) is 0 Å². The molecular formula is C12H14FN3. The lowest BCUT2D eigenvalue weighted by molar-refractivity contribution is 0.617. The van der Waals surface area contributed by atoms with E-state index in [0.717, 1.165) is 11.3 Å². The summed E-state index contributed by atoms with van der Waals surface area (Å²) in [7, 11) is 1.88. The molecule has 0 unspecified atom stereocenters. The van der Waals surface area contributed by atoms with E-state index in [1.54, 1.807) is 10.7 Å². The highest BCUT2D eigenvalue weighted by molar-refractivity contribution is 5.16. The number of hydrogen-bond acceptors (Lipinski definition) is 2. The molecule has 1 heterocycles. The highest BCUT2D eigenvalue weighted by Gasteiger charge is 1.97. The Morgan fingerprint density at radius 2 is 2.19 bits per heavy atom. The molecule has 0 aliphatic rings. The summed E-state index contributed by atoms with van der Waals surface area (Å²) in [4.78, 5) is 0. The summed E-state index contributed by atoms with van der Waals surface area (Å²) >= 11 is 0. The van der Waals surface area contributed by atoms with E-state index in [-0.39, 0.29) is 5.82 Å². The molecule has 1 aromatic carbocycles. The Morgan fingerprint density at radius 3 is 2.88 bits per heavy atom. The Labute approximate surface area is 93.9 Å². The van der Waals surface area contributed by atoms with Crippen LogP contribution in [-0.4, -0.2) is 9.78 Å². The van der Waals surface area contributed by atoms with Crippen molar-refractivity contribution in [3.05, 3.63) is 53.6 Å². The summed E-state index contributed by atoms with van der Waals surface area (Å²) in [6.45, 7) is 1.34. The van der Waals surface area contributed by atoms with Gasteiger partial charge in [0.25, 0.3) is 0 Å². The Hall–Kier alpha value is -1.68. The van der Waals surface area contributed by atoms with Gasteiger partial charge >= 0.3 is 0 Å². The lowest BCUT2D eigenvalue weighted by Crippen LogP contribution is -2.13. The van der Waals surface area contributed by atoms with Gasteiger partial charge in [0.05, 0.1) is 5.69 Å². The van der Waals surface area contributed by atoms with Crippen LogP contribution in [0.4, 0.5) is 4.39 Å². The van der Waals surface area contributed by atoms with E-state index in [4.69, 9.17) is 0 Å². The van der Waals surface area contributed by atoms with Crippen LogP contribution in [0, 0.1) is 5.82 Å². The SMILES string of the molecule is Cn1ccc(CNCc2cccc(F)c2)n1.